The Kier molecular flexibility index (Phi) is 5.64. The molecule has 6 heteroatoms. The van der Waals surface area contributed by atoms with Crippen LogP contribution in [-0.4, -0.2) is 21.9 Å². The number of anilines is 2. The fraction of sp³-hybridized carbons (Fsp3) is 0.389. The summed E-state index contributed by atoms with van der Waals surface area (Å²) in [6, 6.07) is 7.40. The molecule has 1 saturated carbocycles. The van der Waals surface area contributed by atoms with Crippen molar-refractivity contribution in [3.8, 4) is 0 Å². The van der Waals surface area contributed by atoms with Crippen molar-refractivity contribution < 1.29 is 4.79 Å². The summed E-state index contributed by atoms with van der Waals surface area (Å²) < 4.78 is 0. The molecule has 1 aromatic heterocycles. The zero-order chi connectivity index (χ0) is 16.8. The van der Waals surface area contributed by atoms with Gasteiger partial charge in [-0.15, -0.1) is 0 Å². The minimum atomic E-state index is -0.286. The Morgan fingerprint density at radius 1 is 1.00 bits per heavy atom. The average molecular weight is 345 g/mol. The molecule has 24 heavy (non-hydrogen) atoms. The molecule has 2 N–H and O–H groups in total. The Hall–Kier alpha value is -2.14. The van der Waals surface area contributed by atoms with E-state index in [9.17, 15) is 4.79 Å². The van der Waals surface area contributed by atoms with Crippen molar-refractivity contribution in [1.29, 1.82) is 0 Å². The highest BCUT2D eigenvalue weighted by Gasteiger charge is 2.13. The number of nitrogens with zero attached hydrogens (tertiary/aromatic N) is 2. The molecule has 1 aromatic carbocycles. The van der Waals surface area contributed by atoms with Crippen LogP contribution >= 0.6 is 11.6 Å². The highest BCUT2D eigenvalue weighted by atomic mass is 35.5. The van der Waals surface area contributed by atoms with Gasteiger partial charge >= 0.3 is 0 Å². The minimum absolute atomic E-state index is 0.286. The second-order valence-corrected chi connectivity index (χ2v) is 6.52. The van der Waals surface area contributed by atoms with E-state index in [2.05, 4.69) is 20.6 Å². The van der Waals surface area contributed by atoms with Crippen molar-refractivity contribution in [2.75, 3.05) is 10.6 Å². The third kappa shape index (κ3) is 4.68. The van der Waals surface area contributed by atoms with Crippen molar-refractivity contribution >= 4 is 29.0 Å². The second kappa shape index (κ2) is 8.11. The molecule has 1 aliphatic carbocycles. The molecule has 0 aliphatic heterocycles. The van der Waals surface area contributed by atoms with E-state index in [1.807, 2.05) is 0 Å². The first-order chi connectivity index (χ1) is 11.7. The quantitative estimate of drug-likeness (QED) is 0.800. The van der Waals surface area contributed by atoms with E-state index < -0.39 is 0 Å². The van der Waals surface area contributed by atoms with Crippen LogP contribution in [0.3, 0.4) is 0 Å². The van der Waals surface area contributed by atoms with Crippen LogP contribution in [0.1, 0.15) is 49.0 Å². The van der Waals surface area contributed by atoms with Gasteiger partial charge in [0.25, 0.3) is 5.91 Å². The lowest BCUT2D eigenvalue weighted by atomic mass is 10.1. The normalized spacial score (nSPS) is 15.5. The van der Waals surface area contributed by atoms with E-state index in [1.54, 1.807) is 30.5 Å². The van der Waals surface area contributed by atoms with Crippen molar-refractivity contribution in [3.05, 3.63) is 47.4 Å². The van der Waals surface area contributed by atoms with Gasteiger partial charge in [0.1, 0.15) is 11.5 Å². The number of carbonyl (C=O) groups excluding carboxylic acids is 1. The van der Waals surface area contributed by atoms with Crippen molar-refractivity contribution in [1.82, 2.24) is 9.97 Å². The molecule has 0 bridgehead atoms. The minimum Gasteiger partial charge on any atom is -0.366 e. The molecule has 0 unspecified atom stereocenters. The number of nitrogens with one attached hydrogen (secondary N) is 2. The summed E-state index contributed by atoms with van der Waals surface area (Å²) in [5.41, 5.74) is 0.961. The second-order valence-electron chi connectivity index (χ2n) is 6.08. The number of aromatic nitrogens is 2. The van der Waals surface area contributed by atoms with Gasteiger partial charge in [0.2, 0.25) is 0 Å². The molecule has 126 valence electrons. The van der Waals surface area contributed by atoms with E-state index in [4.69, 9.17) is 11.6 Å². The molecule has 2 aromatic rings. The molecule has 3 rings (SSSR count). The third-order valence-electron chi connectivity index (χ3n) is 4.19. The number of carbonyl (C=O) groups is 1. The van der Waals surface area contributed by atoms with Gasteiger partial charge in [0.15, 0.2) is 0 Å². The predicted molar refractivity (Wildman–Crippen MR) is 96.5 cm³/mol. The molecule has 0 radical (unpaired) electrons. The standard InChI is InChI=1S/C18H21ClN4O/c19-13-7-9-15(10-8-13)23-18(24)16-11-21-17(12-20-16)22-14-5-3-1-2-4-6-14/h7-12,14H,1-6H2,(H,21,22)(H,23,24). The maximum atomic E-state index is 12.2. The maximum Gasteiger partial charge on any atom is 0.275 e. The van der Waals surface area contributed by atoms with Crippen LogP contribution < -0.4 is 10.6 Å². The van der Waals surface area contributed by atoms with Crippen LogP contribution in [-0.2, 0) is 0 Å². The molecule has 0 atom stereocenters. The first-order valence-corrected chi connectivity index (χ1v) is 8.74. The van der Waals surface area contributed by atoms with Crippen LogP contribution in [0.15, 0.2) is 36.7 Å². The summed E-state index contributed by atoms with van der Waals surface area (Å²) in [6.07, 6.45) is 10.6. The molecular formula is C18H21ClN4O. The van der Waals surface area contributed by atoms with E-state index in [1.165, 1.54) is 44.7 Å². The van der Waals surface area contributed by atoms with E-state index in [0.717, 1.165) is 5.82 Å². The fourth-order valence-electron chi connectivity index (χ4n) is 2.88. The van der Waals surface area contributed by atoms with Crippen LogP contribution in [0.5, 0.6) is 0 Å². The van der Waals surface area contributed by atoms with Crippen LogP contribution in [0, 0.1) is 0 Å². The molecule has 1 aliphatic rings. The van der Waals surface area contributed by atoms with Crippen LogP contribution in [0.25, 0.3) is 0 Å². The highest BCUT2D eigenvalue weighted by molar-refractivity contribution is 6.30. The monoisotopic (exact) mass is 344 g/mol. The molecule has 0 saturated heterocycles. The van der Waals surface area contributed by atoms with Gasteiger partial charge in [0, 0.05) is 16.8 Å². The summed E-state index contributed by atoms with van der Waals surface area (Å²) in [7, 11) is 0. The lowest BCUT2D eigenvalue weighted by molar-refractivity contribution is 0.102. The Balaban J connectivity index is 1.58. The van der Waals surface area contributed by atoms with Gasteiger partial charge in [-0.2, -0.15) is 0 Å². The number of amides is 1. The molecule has 1 fully saturated rings. The molecule has 1 heterocycles. The lowest BCUT2D eigenvalue weighted by Gasteiger charge is -2.16. The summed E-state index contributed by atoms with van der Waals surface area (Å²) >= 11 is 5.83. The van der Waals surface area contributed by atoms with Crippen LogP contribution in [0.2, 0.25) is 5.02 Å². The zero-order valence-corrected chi connectivity index (χ0v) is 14.2. The number of rotatable bonds is 4. The first-order valence-electron chi connectivity index (χ1n) is 8.36. The van der Waals surface area contributed by atoms with Gasteiger partial charge in [-0.1, -0.05) is 37.3 Å². The topological polar surface area (TPSA) is 66.9 Å². The predicted octanol–water partition coefficient (Wildman–Crippen LogP) is 4.52. The zero-order valence-electron chi connectivity index (χ0n) is 13.5. The number of hydrogen-bond donors (Lipinski definition) is 2. The SMILES string of the molecule is O=C(Nc1ccc(Cl)cc1)c1cnc(NC2CCCCCC2)cn1. The lowest BCUT2D eigenvalue weighted by Crippen LogP contribution is -2.20. The van der Waals surface area contributed by atoms with E-state index in [-0.39, 0.29) is 11.6 Å². The Bertz CT molecular complexity index is 664. The number of hydrogen-bond acceptors (Lipinski definition) is 4. The van der Waals surface area contributed by atoms with E-state index >= 15 is 0 Å². The van der Waals surface area contributed by atoms with Crippen molar-refractivity contribution in [3.63, 3.8) is 0 Å². The number of benzene rings is 1. The summed E-state index contributed by atoms with van der Waals surface area (Å²) in [5, 5.41) is 6.82. The number of halogens is 1. The van der Waals surface area contributed by atoms with Gasteiger partial charge in [-0.05, 0) is 37.1 Å². The molecule has 0 spiro atoms. The maximum absolute atomic E-state index is 12.2. The molecule has 1 amide bonds. The first kappa shape index (κ1) is 16.7. The van der Waals surface area contributed by atoms with Crippen molar-refractivity contribution in [2.45, 2.75) is 44.6 Å². The molecule has 5 nitrogen and oxygen atoms in total. The van der Waals surface area contributed by atoms with Crippen molar-refractivity contribution in [2.24, 2.45) is 0 Å². The fourth-order valence-corrected chi connectivity index (χ4v) is 3.01. The van der Waals surface area contributed by atoms with Gasteiger partial charge < -0.3 is 10.6 Å². The van der Waals surface area contributed by atoms with Crippen LogP contribution in [0.4, 0.5) is 11.5 Å². The smallest absolute Gasteiger partial charge is 0.275 e. The van der Waals surface area contributed by atoms with E-state index in [0.29, 0.717) is 16.8 Å². The third-order valence-corrected chi connectivity index (χ3v) is 4.45. The van der Waals surface area contributed by atoms with Gasteiger partial charge in [-0.25, -0.2) is 9.97 Å². The summed E-state index contributed by atoms with van der Waals surface area (Å²) in [4.78, 5) is 20.7. The molecular weight excluding hydrogens is 324 g/mol. The Labute approximate surface area is 146 Å². The Morgan fingerprint density at radius 2 is 1.71 bits per heavy atom. The van der Waals surface area contributed by atoms with Gasteiger partial charge in [-0.3, -0.25) is 4.79 Å². The largest absolute Gasteiger partial charge is 0.366 e. The summed E-state index contributed by atoms with van der Waals surface area (Å²) in [6.45, 7) is 0. The highest BCUT2D eigenvalue weighted by Crippen LogP contribution is 2.20. The summed E-state index contributed by atoms with van der Waals surface area (Å²) in [5.74, 6) is 0.441. The van der Waals surface area contributed by atoms with Gasteiger partial charge in [0.05, 0.1) is 12.4 Å². The Morgan fingerprint density at radius 3 is 2.33 bits per heavy atom. The average Bonchev–Trinajstić information content (AvgIpc) is 2.86.